The summed E-state index contributed by atoms with van der Waals surface area (Å²) in [7, 11) is 0. The van der Waals surface area contributed by atoms with E-state index in [2.05, 4.69) is 10.3 Å². The van der Waals surface area contributed by atoms with Gasteiger partial charge in [0.1, 0.15) is 5.69 Å². The number of nitro groups is 1. The van der Waals surface area contributed by atoms with Crippen LogP contribution in [0.25, 0.3) is 10.2 Å². The predicted octanol–water partition coefficient (Wildman–Crippen LogP) is 2.66. The van der Waals surface area contributed by atoms with Gasteiger partial charge in [-0.25, -0.2) is 4.98 Å². The van der Waals surface area contributed by atoms with Gasteiger partial charge in [0.05, 0.1) is 20.1 Å². The van der Waals surface area contributed by atoms with Gasteiger partial charge in [0.15, 0.2) is 0 Å². The Balaban J connectivity index is 2.01. The lowest BCUT2D eigenvalue weighted by atomic mass is 10.1. The Morgan fingerprint density at radius 2 is 2.35 bits per heavy atom. The summed E-state index contributed by atoms with van der Waals surface area (Å²) in [6.45, 7) is 2.38. The number of nitrogens with one attached hydrogen (secondary N) is 1. The highest BCUT2D eigenvalue weighted by molar-refractivity contribution is 7.18. The average molecular weight is 292 g/mol. The summed E-state index contributed by atoms with van der Waals surface area (Å²) in [5, 5.41) is 15.4. The van der Waals surface area contributed by atoms with Crippen molar-refractivity contribution in [3.05, 3.63) is 27.3 Å². The van der Waals surface area contributed by atoms with Crippen LogP contribution in [-0.4, -0.2) is 22.5 Å². The molecule has 2 aromatic rings. The molecule has 1 unspecified atom stereocenters. The molecule has 1 aromatic heterocycles. The van der Waals surface area contributed by atoms with Crippen LogP contribution >= 0.6 is 11.3 Å². The highest BCUT2D eigenvalue weighted by Gasteiger charge is 2.31. The largest absolute Gasteiger partial charge is 0.375 e. The number of aryl methyl sites for hydroxylation is 1. The van der Waals surface area contributed by atoms with E-state index in [1.807, 2.05) is 6.92 Å². The molecule has 0 radical (unpaired) electrons. The molecular weight excluding hydrogens is 276 g/mol. The first-order chi connectivity index (χ1) is 9.58. The number of hydrogen-bond acceptors (Lipinski definition) is 6. The van der Waals surface area contributed by atoms with Crippen molar-refractivity contribution in [2.24, 2.45) is 11.7 Å². The van der Waals surface area contributed by atoms with E-state index in [0.717, 1.165) is 28.1 Å². The zero-order valence-corrected chi connectivity index (χ0v) is 11.9. The number of thiazole rings is 1. The molecule has 0 saturated heterocycles. The maximum Gasteiger partial charge on any atom is 0.293 e. The predicted molar refractivity (Wildman–Crippen MR) is 80.2 cm³/mol. The molecule has 106 valence electrons. The summed E-state index contributed by atoms with van der Waals surface area (Å²) in [4.78, 5) is 15.3. The quantitative estimate of drug-likeness (QED) is 0.652. The highest BCUT2D eigenvalue weighted by atomic mass is 32.1. The second-order valence-corrected chi connectivity index (χ2v) is 6.39. The lowest BCUT2D eigenvalue weighted by Crippen LogP contribution is -2.31. The van der Waals surface area contributed by atoms with Crippen molar-refractivity contribution in [1.82, 2.24) is 4.98 Å². The molecule has 6 nitrogen and oxygen atoms in total. The molecule has 1 fully saturated rings. The molecule has 1 heterocycles. The number of benzene rings is 1. The molecule has 0 aliphatic heterocycles. The van der Waals surface area contributed by atoms with E-state index in [1.54, 1.807) is 12.1 Å². The van der Waals surface area contributed by atoms with Crippen LogP contribution in [0, 0.1) is 23.0 Å². The Labute approximate surface area is 120 Å². The Bertz CT molecular complexity index is 666. The first kappa shape index (κ1) is 13.3. The Morgan fingerprint density at radius 3 is 2.95 bits per heavy atom. The molecular formula is C13H16N4O2S. The van der Waals surface area contributed by atoms with E-state index in [4.69, 9.17) is 5.73 Å². The van der Waals surface area contributed by atoms with Crippen LogP contribution < -0.4 is 11.1 Å². The smallest absolute Gasteiger partial charge is 0.293 e. The average Bonchev–Trinajstić information content (AvgIpc) is 3.16. The van der Waals surface area contributed by atoms with E-state index < -0.39 is 0 Å². The van der Waals surface area contributed by atoms with Gasteiger partial charge in [-0.1, -0.05) is 0 Å². The molecule has 1 aliphatic rings. The van der Waals surface area contributed by atoms with Crippen LogP contribution in [0.3, 0.4) is 0 Å². The van der Waals surface area contributed by atoms with E-state index >= 15 is 0 Å². The lowest BCUT2D eigenvalue weighted by Gasteiger charge is -2.17. The van der Waals surface area contributed by atoms with Crippen molar-refractivity contribution in [2.75, 3.05) is 11.9 Å². The normalized spacial score (nSPS) is 16.3. The van der Waals surface area contributed by atoms with Gasteiger partial charge in [0.2, 0.25) is 0 Å². The second kappa shape index (κ2) is 4.99. The van der Waals surface area contributed by atoms with Gasteiger partial charge in [0, 0.05) is 18.7 Å². The number of aromatic nitrogens is 1. The first-order valence-electron chi connectivity index (χ1n) is 6.60. The van der Waals surface area contributed by atoms with E-state index in [1.165, 1.54) is 11.3 Å². The molecule has 0 bridgehead atoms. The van der Waals surface area contributed by atoms with Crippen LogP contribution in [0.5, 0.6) is 0 Å². The molecule has 7 heteroatoms. The number of nitrogens with two attached hydrogens (primary N) is 1. The molecule has 0 spiro atoms. The number of hydrogen-bond donors (Lipinski definition) is 2. The lowest BCUT2D eigenvalue weighted by molar-refractivity contribution is -0.383. The number of anilines is 1. The third-order valence-electron chi connectivity index (χ3n) is 3.60. The van der Waals surface area contributed by atoms with Gasteiger partial charge in [0.25, 0.3) is 5.69 Å². The van der Waals surface area contributed by atoms with Crippen molar-refractivity contribution in [2.45, 2.75) is 25.8 Å². The van der Waals surface area contributed by atoms with Crippen LogP contribution in [0.4, 0.5) is 11.4 Å². The van der Waals surface area contributed by atoms with Gasteiger partial charge < -0.3 is 11.1 Å². The van der Waals surface area contributed by atoms with E-state index in [0.29, 0.717) is 18.2 Å². The number of nitro benzene ring substituents is 1. The topological polar surface area (TPSA) is 94.1 Å². The SMILES string of the molecule is Cc1nc2cc(NC(CN)C3CC3)c([N+](=O)[O-])cc2s1. The Kier molecular flexibility index (Phi) is 3.31. The minimum atomic E-state index is -0.350. The first-order valence-corrected chi connectivity index (χ1v) is 7.42. The van der Waals surface area contributed by atoms with Gasteiger partial charge in [-0.2, -0.15) is 0 Å². The van der Waals surface area contributed by atoms with Crippen molar-refractivity contribution < 1.29 is 4.92 Å². The molecule has 1 aromatic carbocycles. The summed E-state index contributed by atoms with van der Waals surface area (Å²) in [6, 6.07) is 3.47. The molecule has 0 amide bonds. The summed E-state index contributed by atoms with van der Waals surface area (Å²) in [5.41, 5.74) is 7.18. The molecule has 3 rings (SSSR count). The fourth-order valence-corrected chi connectivity index (χ4v) is 3.25. The minimum absolute atomic E-state index is 0.0975. The fourth-order valence-electron chi connectivity index (χ4n) is 2.41. The molecule has 1 saturated carbocycles. The van der Waals surface area contributed by atoms with Gasteiger partial charge in [-0.3, -0.25) is 10.1 Å². The third kappa shape index (κ3) is 2.46. The summed E-state index contributed by atoms with van der Waals surface area (Å²) < 4.78 is 0.843. The Hall–Kier alpha value is -1.73. The summed E-state index contributed by atoms with van der Waals surface area (Å²) >= 11 is 1.47. The summed E-state index contributed by atoms with van der Waals surface area (Å²) in [5.74, 6) is 0.535. The van der Waals surface area contributed by atoms with Crippen molar-refractivity contribution in [3.63, 3.8) is 0 Å². The third-order valence-corrected chi connectivity index (χ3v) is 4.53. The zero-order chi connectivity index (χ0) is 14.3. The van der Waals surface area contributed by atoms with Gasteiger partial charge in [-0.15, -0.1) is 11.3 Å². The van der Waals surface area contributed by atoms with Crippen molar-refractivity contribution in [3.8, 4) is 0 Å². The van der Waals surface area contributed by atoms with Gasteiger partial charge in [-0.05, 0) is 31.7 Å². The summed E-state index contributed by atoms with van der Waals surface area (Å²) in [6.07, 6.45) is 2.28. The maximum absolute atomic E-state index is 11.2. The molecule has 1 aliphatic carbocycles. The number of nitrogens with zero attached hydrogens (tertiary/aromatic N) is 2. The fraction of sp³-hybridized carbons (Fsp3) is 0.462. The number of rotatable bonds is 5. The standard InChI is InChI=1S/C13H16N4O2S/c1-7-15-10-4-9(16-11(6-14)8-2-3-8)12(17(18)19)5-13(10)20-7/h4-5,8,11,16H,2-3,6,14H2,1H3. The molecule has 20 heavy (non-hydrogen) atoms. The van der Waals surface area contributed by atoms with E-state index in [9.17, 15) is 10.1 Å². The molecule has 3 N–H and O–H groups in total. The maximum atomic E-state index is 11.2. The van der Waals surface area contributed by atoms with Crippen LogP contribution in [-0.2, 0) is 0 Å². The monoisotopic (exact) mass is 292 g/mol. The molecule has 1 atom stereocenters. The minimum Gasteiger partial charge on any atom is -0.375 e. The van der Waals surface area contributed by atoms with E-state index in [-0.39, 0.29) is 16.7 Å². The van der Waals surface area contributed by atoms with Gasteiger partial charge >= 0.3 is 0 Å². The second-order valence-electron chi connectivity index (χ2n) is 5.15. The highest BCUT2D eigenvalue weighted by Crippen LogP contribution is 2.37. The Morgan fingerprint density at radius 1 is 1.60 bits per heavy atom. The van der Waals surface area contributed by atoms with Crippen LogP contribution in [0.1, 0.15) is 17.8 Å². The van der Waals surface area contributed by atoms with Crippen LogP contribution in [0.2, 0.25) is 0 Å². The zero-order valence-electron chi connectivity index (χ0n) is 11.1. The van der Waals surface area contributed by atoms with Crippen molar-refractivity contribution >= 4 is 32.9 Å². The number of fused-ring (bicyclic) bond motifs is 1. The van der Waals surface area contributed by atoms with Crippen molar-refractivity contribution in [1.29, 1.82) is 0 Å². The van der Waals surface area contributed by atoms with Crippen LogP contribution in [0.15, 0.2) is 12.1 Å².